The van der Waals surface area contributed by atoms with Crippen LogP contribution in [0.1, 0.15) is 30.1 Å². The standard InChI is InChI=1S/C24H28FN5OS/c1-18-4-10-21(11-5-18)30-23(28-12-2-3-13-28)26-29(24(30)32)17-27-14-15-31-22(16-27)19-6-8-20(25)9-7-19/h4-11,22H,2-3,12-17H2,1H3. The first-order valence-electron chi connectivity index (χ1n) is 11.2. The summed E-state index contributed by atoms with van der Waals surface area (Å²) in [6, 6.07) is 15.0. The zero-order chi connectivity index (χ0) is 22.1. The summed E-state index contributed by atoms with van der Waals surface area (Å²) in [5.41, 5.74) is 3.25. The number of hydrogen-bond donors (Lipinski definition) is 0. The van der Waals surface area contributed by atoms with Crippen molar-refractivity contribution in [3.63, 3.8) is 0 Å². The number of morpholine rings is 1. The van der Waals surface area contributed by atoms with Crippen LogP contribution in [-0.2, 0) is 11.4 Å². The van der Waals surface area contributed by atoms with Crippen molar-refractivity contribution in [2.45, 2.75) is 32.5 Å². The Morgan fingerprint density at radius 2 is 1.75 bits per heavy atom. The van der Waals surface area contributed by atoms with Gasteiger partial charge in [-0.05, 0) is 61.8 Å². The molecule has 168 valence electrons. The molecular weight excluding hydrogens is 425 g/mol. The van der Waals surface area contributed by atoms with E-state index in [1.165, 1.54) is 30.5 Å². The molecule has 32 heavy (non-hydrogen) atoms. The molecule has 8 heteroatoms. The van der Waals surface area contributed by atoms with Crippen molar-refractivity contribution < 1.29 is 9.13 Å². The van der Waals surface area contributed by atoms with Gasteiger partial charge in [-0.1, -0.05) is 29.8 Å². The molecule has 0 spiro atoms. The van der Waals surface area contributed by atoms with Gasteiger partial charge in [0.15, 0.2) is 0 Å². The van der Waals surface area contributed by atoms with Crippen molar-refractivity contribution in [1.82, 2.24) is 19.2 Å². The molecule has 5 rings (SSSR count). The Labute approximate surface area is 192 Å². The third kappa shape index (κ3) is 4.35. The smallest absolute Gasteiger partial charge is 0.230 e. The zero-order valence-electron chi connectivity index (χ0n) is 18.3. The van der Waals surface area contributed by atoms with E-state index in [0.29, 0.717) is 24.6 Å². The lowest BCUT2D eigenvalue weighted by Crippen LogP contribution is -2.39. The van der Waals surface area contributed by atoms with E-state index in [1.807, 2.05) is 4.68 Å². The predicted octanol–water partition coefficient (Wildman–Crippen LogP) is 4.48. The number of aromatic nitrogens is 3. The third-order valence-corrected chi connectivity index (χ3v) is 6.62. The lowest BCUT2D eigenvalue weighted by molar-refractivity contribution is -0.0418. The number of halogens is 1. The van der Waals surface area contributed by atoms with Crippen LogP contribution in [0, 0.1) is 17.5 Å². The average Bonchev–Trinajstić information content (AvgIpc) is 3.44. The molecule has 2 aromatic carbocycles. The van der Waals surface area contributed by atoms with E-state index in [-0.39, 0.29) is 11.9 Å². The Morgan fingerprint density at radius 3 is 2.47 bits per heavy atom. The van der Waals surface area contributed by atoms with Gasteiger partial charge in [0.05, 0.1) is 25.1 Å². The normalized spacial score (nSPS) is 19.6. The highest BCUT2D eigenvalue weighted by atomic mass is 32.1. The van der Waals surface area contributed by atoms with E-state index < -0.39 is 0 Å². The van der Waals surface area contributed by atoms with Gasteiger partial charge < -0.3 is 9.64 Å². The summed E-state index contributed by atoms with van der Waals surface area (Å²) in [5.74, 6) is 0.684. The van der Waals surface area contributed by atoms with Crippen LogP contribution in [0.5, 0.6) is 0 Å². The largest absolute Gasteiger partial charge is 0.371 e. The second-order valence-electron chi connectivity index (χ2n) is 8.58. The minimum absolute atomic E-state index is 0.0873. The van der Waals surface area contributed by atoms with Crippen molar-refractivity contribution in [2.24, 2.45) is 0 Å². The second-order valence-corrected chi connectivity index (χ2v) is 8.94. The number of aryl methyl sites for hydroxylation is 1. The van der Waals surface area contributed by atoms with E-state index in [4.69, 9.17) is 22.1 Å². The molecule has 0 aliphatic carbocycles. The van der Waals surface area contributed by atoms with Gasteiger partial charge in [0, 0.05) is 26.2 Å². The van der Waals surface area contributed by atoms with E-state index >= 15 is 0 Å². The summed E-state index contributed by atoms with van der Waals surface area (Å²) >= 11 is 5.91. The first-order valence-corrected chi connectivity index (χ1v) is 11.6. The van der Waals surface area contributed by atoms with Crippen LogP contribution in [0.25, 0.3) is 5.69 Å². The van der Waals surface area contributed by atoms with Crippen molar-refractivity contribution in [2.75, 3.05) is 37.7 Å². The summed E-state index contributed by atoms with van der Waals surface area (Å²) < 4.78 is 24.0. The highest BCUT2D eigenvalue weighted by Crippen LogP contribution is 2.26. The lowest BCUT2D eigenvalue weighted by atomic mass is 10.1. The molecule has 2 aliphatic rings. The number of rotatable bonds is 5. The van der Waals surface area contributed by atoms with Crippen LogP contribution in [0.15, 0.2) is 48.5 Å². The van der Waals surface area contributed by atoms with E-state index in [2.05, 4.69) is 45.6 Å². The number of ether oxygens (including phenoxy) is 1. The van der Waals surface area contributed by atoms with Crippen molar-refractivity contribution in [1.29, 1.82) is 0 Å². The van der Waals surface area contributed by atoms with Crippen LogP contribution < -0.4 is 4.90 Å². The molecule has 0 radical (unpaired) electrons. The quantitative estimate of drug-likeness (QED) is 0.533. The maximum atomic E-state index is 13.3. The molecule has 0 saturated carbocycles. The summed E-state index contributed by atoms with van der Waals surface area (Å²) in [6.07, 6.45) is 2.27. The molecule has 3 heterocycles. The molecule has 1 aromatic heterocycles. The van der Waals surface area contributed by atoms with Crippen molar-refractivity contribution in [3.05, 3.63) is 70.2 Å². The van der Waals surface area contributed by atoms with Gasteiger partial charge in [0.25, 0.3) is 0 Å². The molecule has 2 fully saturated rings. The number of benzene rings is 2. The highest BCUT2D eigenvalue weighted by molar-refractivity contribution is 7.71. The van der Waals surface area contributed by atoms with Crippen LogP contribution in [-0.4, -0.2) is 52.0 Å². The fourth-order valence-electron chi connectivity index (χ4n) is 4.43. The molecule has 3 aromatic rings. The molecular formula is C24H28FN5OS. The summed E-state index contributed by atoms with van der Waals surface area (Å²) in [6.45, 7) is 6.82. The molecule has 0 N–H and O–H groups in total. The van der Waals surface area contributed by atoms with Crippen molar-refractivity contribution in [3.8, 4) is 5.69 Å². The van der Waals surface area contributed by atoms with Crippen LogP contribution in [0.3, 0.4) is 0 Å². The minimum atomic E-state index is -0.233. The highest BCUT2D eigenvalue weighted by Gasteiger charge is 2.25. The van der Waals surface area contributed by atoms with E-state index in [0.717, 1.165) is 36.8 Å². The molecule has 2 aliphatic heterocycles. The Hall–Kier alpha value is -2.55. The SMILES string of the molecule is Cc1ccc(-n2c(N3CCCC3)nn(CN3CCOC(c4ccc(F)cc4)C3)c2=S)cc1. The van der Waals surface area contributed by atoms with Gasteiger partial charge in [-0.25, -0.2) is 9.07 Å². The van der Waals surface area contributed by atoms with E-state index in [9.17, 15) is 4.39 Å². The first-order chi connectivity index (χ1) is 15.6. The summed E-state index contributed by atoms with van der Waals surface area (Å²) in [5, 5.41) is 4.96. The zero-order valence-corrected chi connectivity index (χ0v) is 19.1. The Kier molecular flexibility index (Phi) is 6.08. The van der Waals surface area contributed by atoms with Gasteiger partial charge in [-0.15, -0.1) is 5.10 Å². The lowest BCUT2D eigenvalue weighted by Gasteiger charge is -2.32. The number of nitrogens with zero attached hydrogens (tertiary/aromatic N) is 5. The fourth-order valence-corrected chi connectivity index (χ4v) is 4.72. The molecule has 6 nitrogen and oxygen atoms in total. The predicted molar refractivity (Wildman–Crippen MR) is 125 cm³/mol. The van der Waals surface area contributed by atoms with Gasteiger partial charge in [-0.3, -0.25) is 9.47 Å². The average molecular weight is 454 g/mol. The van der Waals surface area contributed by atoms with Crippen LogP contribution in [0.2, 0.25) is 0 Å². The second kappa shape index (κ2) is 9.13. The summed E-state index contributed by atoms with van der Waals surface area (Å²) in [4.78, 5) is 4.63. The topological polar surface area (TPSA) is 38.5 Å². The first kappa shape index (κ1) is 21.3. The van der Waals surface area contributed by atoms with Crippen molar-refractivity contribution >= 4 is 18.2 Å². The Bertz CT molecular complexity index is 1120. The monoisotopic (exact) mass is 453 g/mol. The Balaban J connectivity index is 1.42. The minimum Gasteiger partial charge on any atom is -0.371 e. The van der Waals surface area contributed by atoms with Crippen LogP contribution >= 0.6 is 12.2 Å². The number of hydrogen-bond acceptors (Lipinski definition) is 5. The molecule has 0 bridgehead atoms. The maximum absolute atomic E-state index is 13.3. The summed E-state index contributed by atoms with van der Waals surface area (Å²) in [7, 11) is 0. The molecule has 1 unspecified atom stereocenters. The molecule has 0 amide bonds. The van der Waals surface area contributed by atoms with Crippen LogP contribution in [0.4, 0.5) is 10.3 Å². The van der Waals surface area contributed by atoms with Gasteiger partial charge in [-0.2, -0.15) is 0 Å². The van der Waals surface area contributed by atoms with Gasteiger partial charge >= 0.3 is 0 Å². The maximum Gasteiger partial charge on any atom is 0.230 e. The van der Waals surface area contributed by atoms with E-state index in [1.54, 1.807) is 12.1 Å². The fraction of sp³-hybridized carbons (Fsp3) is 0.417. The van der Waals surface area contributed by atoms with Gasteiger partial charge in [0.1, 0.15) is 5.82 Å². The third-order valence-electron chi connectivity index (χ3n) is 6.23. The number of anilines is 1. The molecule has 2 saturated heterocycles. The Morgan fingerprint density at radius 1 is 1.03 bits per heavy atom. The van der Waals surface area contributed by atoms with Gasteiger partial charge in [0.2, 0.25) is 10.7 Å². The molecule has 1 atom stereocenters.